The number of aromatic nitrogens is 2. The van der Waals surface area contributed by atoms with Gasteiger partial charge in [0, 0.05) is 18.0 Å². The molecule has 0 spiro atoms. The minimum atomic E-state index is -0.681. The third-order valence-corrected chi connectivity index (χ3v) is 4.66. The van der Waals surface area contributed by atoms with E-state index in [9.17, 15) is 9.59 Å². The molecule has 3 aromatic rings. The van der Waals surface area contributed by atoms with Crippen molar-refractivity contribution >= 4 is 28.5 Å². The molecule has 0 aliphatic carbocycles. The minimum Gasteiger partial charge on any atom is -0.490 e. The molecule has 0 fully saturated rings. The molecule has 0 saturated heterocycles. The van der Waals surface area contributed by atoms with Gasteiger partial charge in [-0.15, -0.1) is 0 Å². The quantitative estimate of drug-likeness (QED) is 0.561. The number of carbonyl (C=O) groups is 2. The van der Waals surface area contributed by atoms with Gasteiger partial charge in [0.15, 0.2) is 0 Å². The standard InChI is InChI=1S/C23H26N4O4/c1-5-30-22(29)18-14(2)26-16-7-6-8-17(19(16)20(18)24)31-13-23(3,4)27-21(28)15-9-11-25-12-10-15/h6-12H,5,13H2,1-4H3,(H2,24,26)(H,27,28). The van der Waals surface area contributed by atoms with Crippen LogP contribution in [0.5, 0.6) is 5.75 Å². The molecule has 2 aromatic heterocycles. The summed E-state index contributed by atoms with van der Waals surface area (Å²) in [5, 5.41) is 3.48. The lowest BCUT2D eigenvalue weighted by molar-refractivity contribution is 0.0526. The molecule has 162 valence electrons. The first-order valence-electron chi connectivity index (χ1n) is 9.94. The van der Waals surface area contributed by atoms with E-state index in [-0.39, 0.29) is 30.4 Å². The largest absolute Gasteiger partial charge is 0.490 e. The number of ether oxygens (including phenoxy) is 2. The molecule has 0 aliphatic rings. The van der Waals surface area contributed by atoms with E-state index in [1.54, 1.807) is 56.6 Å². The first kappa shape index (κ1) is 22.0. The van der Waals surface area contributed by atoms with Crippen LogP contribution < -0.4 is 15.8 Å². The van der Waals surface area contributed by atoms with Gasteiger partial charge >= 0.3 is 5.97 Å². The lowest BCUT2D eigenvalue weighted by Gasteiger charge is -2.27. The molecule has 2 heterocycles. The van der Waals surface area contributed by atoms with Crippen LogP contribution in [-0.2, 0) is 4.74 Å². The van der Waals surface area contributed by atoms with E-state index >= 15 is 0 Å². The molecule has 0 saturated carbocycles. The van der Waals surface area contributed by atoms with Crippen LogP contribution in [0.4, 0.5) is 5.69 Å². The van der Waals surface area contributed by atoms with Crippen LogP contribution in [0.3, 0.4) is 0 Å². The Morgan fingerprint density at radius 3 is 2.55 bits per heavy atom. The van der Waals surface area contributed by atoms with Crippen molar-refractivity contribution < 1.29 is 19.1 Å². The molecular formula is C23H26N4O4. The van der Waals surface area contributed by atoms with Gasteiger partial charge in [-0.3, -0.25) is 14.8 Å². The van der Waals surface area contributed by atoms with Crippen molar-refractivity contribution in [3.8, 4) is 5.75 Å². The summed E-state index contributed by atoms with van der Waals surface area (Å²) in [6.45, 7) is 7.56. The first-order valence-corrected chi connectivity index (χ1v) is 9.94. The Morgan fingerprint density at radius 1 is 1.16 bits per heavy atom. The monoisotopic (exact) mass is 422 g/mol. The summed E-state index contributed by atoms with van der Waals surface area (Å²) in [4.78, 5) is 33.3. The predicted molar refractivity (Wildman–Crippen MR) is 118 cm³/mol. The predicted octanol–water partition coefficient (Wildman–Crippen LogP) is 3.28. The topological polar surface area (TPSA) is 116 Å². The Bertz CT molecular complexity index is 1110. The number of nitrogens with two attached hydrogens (primary N) is 1. The molecule has 0 radical (unpaired) electrons. The molecule has 0 atom stereocenters. The summed E-state index contributed by atoms with van der Waals surface area (Å²) in [6.07, 6.45) is 3.13. The third-order valence-electron chi connectivity index (χ3n) is 4.66. The Kier molecular flexibility index (Phi) is 6.39. The van der Waals surface area contributed by atoms with Gasteiger partial charge in [0.25, 0.3) is 5.91 Å². The molecule has 3 rings (SSSR count). The summed E-state index contributed by atoms with van der Waals surface area (Å²) in [5.74, 6) is -0.277. The highest BCUT2D eigenvalue weighted by Crippen LogP contribution is 2.34. The number of nitrogens with one attached hydrogen (secondary N) is 1. The average molecular weight is 422 g/mol. The van der Waals surface area contributed by atoms with Crippen LogP contribution in [0.2, 0.25) is 0 Å². The second-order valence-electron chi connectivity index (χ2n) is 7.72. The Labute approximate surface area is 180 Å². The van der Waals surface area contributed by atoms with E-state index in [0.717, 1.165) is 0 Å². The fraction of sp³-hybridized carbons (Fsp3) is 0.304. The zero-order chi connectivity index (χ0) is 22.6. The molecule has 8 heteroatoms. The van der Waals surface area contributed by atoms with Crippen LogP contribution in [0.15, 0.2) is 42.7 Å². The highest BCUT2D eigenvalue weighted by atomic mass is 16.5. The van der Waals surface area contributed by atoms with Crippen molar-refractivity contribution in [2.75, 3.05) is 18.9 Å². The number of benzene rings is 1. The smallest absolute Gasteiger partial charge is 0.342 e. The third kappa shape index (κ3) is 4.91. The van der Waals surface area contributed by atoms with Crippen LogP contribution >= 0.6 is 0 Å². The Hall–Kier alpha value is -3.68. The zero-order valence-corrected chi connectivity index (χ0v) is 18.1. The highest BCUT2D eigenvalue weighted by Gasteiger charge is 2.24. The first-order chi connectivity index (χ1) is 14.7. The number of nitrogens with zero attached hydrogens (tertiary/aromatic N) is 2. The van der Waals surface area contributed by atoms with Crippen LogP contribution in [0, 0.1) is 6.92 Å². The second kappa shape index (κ2) is 8.99. The summed E-state index contributed by atoms with van der Waals surface area (Å²) < 4.78 is 11.2. The SMILES string of the molecule is CCOC(=O)c1c(C)nc2cccc(OCC(C)(C)NC(=O)c3ccncc3)c2c1N. The molecular weight excluding hydrogens is 396 g/mol. The molecule has 0 aliphatic heterocycles. The average Bonchev–Trinajstić information content (AvgIpc) is 2.72. The van der Waals surface area contributed by atoms with Crippen LogP contribution in [0.1, 0.15) is 47.2 Å². The van der Waals surface area contributed by atoms with E-state index in [4.69, 9.17) is 15.2 Å². The number of pyridine rings is 2. The van der Waals surface area contributed by atoms with Gasteiger partial charge in [-0.25, -0.2) is 4.79 Å². The Balaban J connectivity index is 1.86. The fourth-order valence-electron chi connectivity index (χ4n) is 3.20. The van der Waals surface area contributed by atoms with Gasteiger partial charge in [-0.1, -0.05) is 6.07 Å². The fourth-order valence-corrected chi connectivity index (χ4v) is 3.20. The van der Waals surface area contributed by atoms with E-state index in [1.165, 1.54) is 0 Å². The summed E-state index contributed by atoms with van der Waals surface area (Å²) >= 11 is 0. The second-order valence-corrected chi connectivity index (χ2v) is 7.72. The molecule has 0 unspecified atom stereocenters. The van der Waals surface area contributed by atoms with Gasteiger partial charge in [-0.05, 0) is 52.0 Å². The summed E-state index contributed by atoms with van der Waals surface area (Å²) in [7, 11) is 0. The van der Waals surface area contributed by atoms with Crippen molar-refractivity contribution in [1.29, 1.82) is 0 Å². The van der Waals surface area contributed by atoms with E-state index in [1.807, 2.05) is 13.8 Å². The van der Waals surface area contributed by atoms with Gasteiger partial charge in [-0.2, -0.15) is 0 Å². The van der Waals surface area contributed by atoms with Gasteiger partial charge in [0.1, 0.15) is 17.9 Å². The minimum absolute atomic E-state index is 0.172. The summed E-state index contributed by atoms with van der Waals surface area (Å²) in [5.41, 5.74) is 7.77. The number of hydrogen-bond acceptors (Lipinski definition) is 7. The highest BCUT2D eigenvalue weighted by molar-refractivity contribution is 6.07. The van der Waals surface area contributed by atoms with Crippen molar-refractivity contribution in [2.24, 2.45) is 0 Å². The number of anilines is 1. The van der Waals surface area contributed by atoms with Crippen molar-refractivity contribution in [1.82, 2.24) is 15.3 Å². The number of carbonyl (C=O) groups excluding carboxylic acids is 2. The molecule has 0 bridgehead atoms. The number of esters is 1. The Morgan fingerprint density at radius 2 is 1.87 bits per heavy atom. The van der Waals surface area contributed by atoms with Gasteiger partial charge in [0.2, 0.25) is 0 Å². The lowest BCUT2D eigenvalue weighted by atomic mass is 10.0. The maximum atomic E-state index is 12.5. The van der Waals surface area contributed by atoms with Gasteiger partial charge < -0.3 is 20.5 Å². The molecule has 8 nitrogen and oxygen atoms in total. The number of amides is 1. The lowest BCUT2D eigenvalue weighted by Crippen LogP contribution is -2.47. The van der Waals surface area contributed by atoms with E-state index in [2.05, 4.69) is 15.3 Å². The molecule has 31 heavy (non-hydrogen) atoms. The number of aryl methyl sites for hydroxylation is 1. The molecule has 1 aromatic carbocycles. The normalized spacial score (nSPS) is 11.2. The zero-order valence-electron chi connectivity index (χ0n) is 18.1. The van der Waals surface area contributed by atoms with E-state index in [0.29, 0.717) is 27.9 Å². The van der Waals surface area contributed by atoms with Crippen molar-refractivity contribution in [3.63, 3.8) is 0 Å². The van der Waals surface area contributed by atoms with Crippen molar-refractivity contribution in [2.45, 2.75) is 33.2 Å². The maximum absolute atomic E-state index is 12.5. The van der Waals surface area contributed by atoms with E-state index < -0.39 is 11.5 Å². The maximum Gasteiger partial charge on any atom is 0.342 e. The number of nitrogen functional groups attached to an aromatic ring is 1. The molecule has 1 amide bonds. The van der Waals surface area contributed by atoms with Crippen LogP contribution in [-0.4, -0.2) is 40.6 Å². The number of hydrogen-bond donors (Lipinski definition) is 2. The van der Waals surface area contributed by atoms with Crippen molar-refractivity contribution in [3.05, 3.63) is 59.5 Å². The molecule has 3 N–H and O–H groups in total. The van der Waals surface area contributed by atoms with Gasteiger partial charge in [0.05, 0.1) is 34.4 Å². The summed E-state index contributed by atoms with van der Waals surface area (Å²) in [6, 6.07) is 8.64. The number of fused-ring (bicyclic) bond motifs is 1. The van der Waals surface area contributed by atoms with Crippen LogP contribution in [0.25, 0.3) is 10.9 Å². The number of rotatable bonds is 7.